The number of carbonyl (C=O) groups is 1. The van der Waals surface area contributed by atoms with Gasteiger partial charge in [-0.25, -0.2) is 4.68 Å². The van der Waals surface area contributed by atoms with Crippen molar-refractivity contribution in [2.24, 2.45) is 0 Å². The molecule has 1 amide bonds. The van der Waals surface area contributed by atoms with Gasteiger partial charge in [0, 0.05) is 18.2 Å². The zero-order valence-electron chi connectivity index (χ0n) is 18.7. The minimum atomic E-state index is -0.453. The van der Waals surface area contributed by atoms with Crippen LogP contribution < -0.4 is 5.32 Å². The van der Waals surface area contributed by atoms with E-state index in [4.69, 9.17) is 0 Å². The molecule has 0 fully saturated rings. The van der Waals surface area contributed by atoms with Crippen LogP contribution in [0.4, 0.5) is 5.69 Å². The molecule has 170 valence electrons. The minimum absolute atomic E-state index is 0.00305. The van der Waals surface area contributed by atoms with Crippen LogP contribution in [0.25, 0.3) is 16.3 Å². The van der Waals surface area contributed by atoms with Crippen LogP contribution in [0, 0.1) is 10.1 Å². The Bertz CT molecular complexity index is 1040. The van der Waals surface area contributed by atoms with E-state index in [2.05, 4.69) is 29.2 Å². The normalized spacial score (nSPS) is 12.1. The van der Waals surface area contributed by atoms with E-state index in [9.17, 15) is 14.9 Å². The van der Waals surface area contributed by atoms with Crippen molar-refractivity contribution in [3.8, 4) is 16.3 Å². The van der Waals surface area contributed by atoms with Crippen molar-refractivity contribution >= 4 is 22.9 Å². The number of rotatable bonds is 11. The number of amides is 1. The average molecular weight is 456 g/mol. The molecule has 2 aromatic heterocycles. The summed E-state index contributed by atoms with van der Waals surface area (Å²) in [5.41, 5.74) is 1.43. The summed E-state index contributed by atoms with van der Waals surface area (Å²) in [6, 6.07) is 11.7. The lowest BCUT2D eigenvalue weighted by molar-refractivity contribution is -0.384. The quantitative estimate of drug-likeness (QED) is 0.333. The van der Waals surface area contributed by atoms with Gasteiger partial charge < -0.3 is 10.2 Å². The van der Waals surface area contributed by atoms with Crippen LogP contribution in [-0.2, 0) is 0 Å². The third-order valence-corrected chi connectivity index (χ3v) is 6.28. The molecule has 0 radical (unpaired) electrons. The van der Waals surface area contributed by atoms with E-state index in [1.807, 2.05) is 24.4 Å². The molecule has 0 bridgehead atoms. The molecule has 0 saturated heterocycles. The van der Waals surface area contributed by atoms with Crippen molar-refractivity contribution in [3.63, 3.8) is 0 Å². The second-order valence-electron chi connectivity index (χ2n) is 7.62. The van der Waals surface area contributed by atoms with E-state index in [0.29, 0.717) is 17.1 Å². The predicted molar refractivity (Wildman–Crippen MR) is 127 cm³/mol. The molecule has 9 heteroatoms. The Morgan fingerprint density at radius 1 is 1.25 bits per heavy atom. The summed E-state index contributed by atoms with van der Waals surface area (Å²) >= 11 is 1.52. The number of benzene rings is 1. The van der Waals surface area contributed by atoms with Gasteiger partial charge in [0.25, 0.3) is 11.6 Å². The molecular weight excluding hydrogens is 426 g/mol. The SMILES string of the molecule is CCN(CC)CCCC(C)NC(=O)c1cc(-c2cccs2)nn1-c1cccc([N+](=O)[O-])c1. The number of nitro groups is 1. The van der Waals surface area contributed by atoms with Gasteiger partial charge in [-0.05, 0) is 63.0 Å². The maximum Gasteiger partial charge on any atom is 0.271 e. The number of aromatic nitrogens is 2. The summed E-state index contributed by atoms with van der Waals surface area (Å²) in [5.74, 6) is -0.248. The first-order chi connectivity index (χ1) is 15.4. The zero-order valence-corrected chi connectivity index (χ0v) is 19.5. The molecule has 2 heterocycles. The number of nitrogens with one attached hydrogen (secondary N) is 1. The molecule has 0 spiro atoms. The lowest BCUT2D eigenvalue weighted by Gasteiger charge is -2.20. The maximum atomic E-state index is 13.1. The highest BCUT2D eigenvalue weighted by Gasteiger charge is 2.20. The van der Waals surface area contributed by atoms with Crippen LogP contribution in [0.15, 0.2) is 47.8 Å². The van der Waals surface area contributed by atoms with E-state index in [0.717, 1.165) is 37.4 Å². The van der Waals surface area contributed by atoms with Gasteiger partial charge in [0.15, 0.2) is 0 Å². The first-order valence-corrected chi connectivity index (χ1v) is 11.7. The van der Waals surface area contributed by atoms with E-state index < -0.39 is 4.92 Å². The second-order valence-corrected chi connectivity index (χ2v) is 8.57. The molecule has 3 rings (SSSR count). The average Bonchev–Trinajstić information content (AvgIpc) is 3.47. The van der Waals surface area contributed by atoms with Crippen LogP contribution in [-0.4, -0.2) is 51.2 Å². The standard InChI is InChI=1S/C23H29N5O3S/c1-4-26(5-2)13-7-9-17(3)24-23(29)21-16-20(22-12-8-14-32-22)25-27(21)18-10-6-11-19(15-18)28(30)31/h6,8,10-12,14-17H,4-5,7,9,13H2,1-3H3,(H,24,29). The monoisotopic (exact) mass is 455 g/mol. The van der Waals surface area contributed by atoms with E-state index >= 15 is 0 Å². The summed E-state index contributed by atoms with van der Waals surface area (Å²) in [4.78, 5) is 27.2. The summed E-state index contributed by atoms with van der Waals surface area (Å²) in [6.45, 7) is 9.33. The van der Waals surface area contributed by atoms with Crippen LogP contribution in [0.5, 0.6) is 0 Å². The van der Waals surface area contributed by atoms with Gasteiger partial charge in [-0.15, -0.1) is 11.3 Å². The van der Waals surface area contributed by atoms with Gasteiger partial charge in [-0.2, -0.15) is 5.10 Å². The fourth-order valence-corrected chi connectivity index (χ4v) is 4.23. The zero-order chi connectivity index (χ0) is 23.1. The smallest absolute Gasteiger partial charge is 0.271 e. The summed E-state index contributed by atoms with van der Waals surface area (Å²) in [6.07, 6.45) is 1.86. The first-order valence-electron chi connectivity index (χ1n) is 10.8. The highest BCUT2D eigenvalue weighted by atomic mass is 32.1. The molecule has 1 atom stereocenters. The third-order valence-electron chi connectivity index (χ3n) is 5.38. The molecule has 3 aromatic rings. The van der Waals surface area contributed by atoms with Crippen LogP contribution in [0.2, 0.25) is 0 Å². The Labute approximate surface area is 192 Å². The minimum Gasteiger partial charge on any atom is -0.348 e. The van der Waals surface area contributed by atoms with Crippen molar-refractivity contribution in [3.05, 3.63) is 63.7 Å². The second kappa shape index (κ2) is 11.0. The Hall–Kier alpha value is -3.04. The van der Waals surface area contributed by atoms with Gasteiger partial charge in [0.1, 0.15) is 11.4 Å². The third kappa shape index (κ3) is 5.80. The van der Waals surface area contributed by atoms with Crippen molar-refractivity contribution in [1.82, 2.24) is 20.0 Å². The van der Waals surface area contributed by atoms with Crippen molar-refractivity contribution in [1.29, 1.82) is 0 Å². The predicted octanol–water partition coefficient (Wildman–Crippen LogP) is 4.75. The Kier molecular flexibility index (Phi) is 8.13. The van der Waals surface area contributed by atoms with Gasteiger partial charge >= 0.3 is 0 Å². The maximum absolute atomic E-state index is 13.1. The number of hydrogen-bond donors (Lipinski definition) is 1. The lowest BCUT2D eigenvalue weighted by atomic mass is 10.1. The van der Waals surface area contributed by atoms with Crippen LogP contribution >= 0.6 is 11.3 Å². The van der Waals surface area contributed by atoms with Crippen LogP contribution in [0.3, 0.4) is 0 Å². The fraction of sp³-hybridized carbons (Fsp3) is 0.391. The number of thiophene rings is 1. The van der Waals surface area contributed by atoms with E-state index in [1.165, 1.54) is 28.2 Å². The summed E-state index contributed by atoms with van der Waals surface area (Å²) in [5, 5.41) is 20.8. The van der Waals surface area contributed by atoms with Gasteiger partial charge in [-0.3, -0.25) is 14.9 Å². The number of nitro benzene ring substituents is 1. The molecule has 0 aliphatic heterocycles. The summed E-state index contributed by atoms with van der Waals surface area (Å²) < 4.78 is 1.49. The number of carbonyl (C=O) groups excluding carboxylic acids is 1. The summed E-state index contributed by atoms with van der Waals surface area (Å²) in [7, 11) is 0. The molecule has 8 nitrogen and oxygen atoms in total. The van der Waals surface area contributed by atoms with E-state index in [1.54, 1.807) is 18.2 Å². The Morgan fingerprint density at radius 3 is 2.69 bits per heavy atom. The molecule has 1 aromatic carbocycles. The van der Waals surface area contributed by atoms with Crippen molar-refractivity contribution in [2.75, 3.05) is 19.6 Å². The molecule has 1 unspecified atom stereocenters. The molecule has 0 saturated carbocycles. The van der Waals surface area contributed by atoms with Crippen molar-refractivity contribution in [2.45, 2.75) is 39.7 Å². The van der Waals surface area contributed by atoms with Gasteiger partial charge in [0.2, 0.25) is 0 Å². The lowest BCUT2D eigenvalue weighted by Crippen LogP contribution is -2.34. The fourth-order valence-electron chi connectivity index (χ4n) is 3.55. The first kappa shape index (κ1) is 23.6. The molecule has 32 heavy (non-hydrogen) atoms. The molecule has 1 N–H and O–H groups in total. The number of non-ortho nitro benzene ring substituents is 1. The number of nitrogens with zero attached hydrogens (tertiary/aromatic N) is 4. The topological polar surface area (TPSA) is 93.3 Å². The van der Waals surface area contributed by atoms with Gasteiger partial charge in [-0.1, -0.05) is 26.0 Å². The molecule has 0 aliphatic rings. The van der Waals surface area contributed by atoms with Crippen molar-refractivity contribution < 1.29 is 9.72 Å². The molecular formula is C23H29N5O3S. The van der Waals surface area contributed by atoms with Crippen LogP contribution in [0.1, 0.15) is 44.1 Å². The molecule has 0 aliphatic carbocycles. The highest BCUT2D eigenvalue weighted by molar-refractivity contribution is 7.13. The van der Waals surface area contributed by atoms with E-state index in [-0.39, 0.29) is 17.6 Å². The highest BCUT2D eigenvalue weighted by Crippen LogP contribution is 2.27. The van der Waals surface area contributed by atoms with Gasteiger partial charge in [0.05, 0.1) is 15.5 Å². The Morgan fingerprint density at radius 2 is 2.03 bits per heavy atom. The largest absolute Gasteiger partial charge is 0.348 e. The Balaban J connectivity index is 1.82. The number of hydrogen-bond acceptors (Lipinski definition) is 6.